The van der Waals surface area contributed by atoms with E-state index in [2.05, 4.69) is 56.8 Å². The lowest BCUT2D eigenvalue weighted by molar-refractivity contribution is -0.128. The molecule has 4 rings (SSSR count). The highest BCUT2D eigenvalue weighted by Gasteiger charge is 2.51. The minimum atomic E-state index is -2.05. The van der Waals surface area contributed by atoms with E-state index in [-0.39, 0.29) is 22.9 Å². The van der Waals surface area contributed by atoms with Crippen LogP contribution in [0, 0.1) is 0 Å². The van der Waals surface area contributed by atoms with Crippen molar-refractivity contribution < 1.29 is 9.22 Å². The van der Waals surface area contributed by atoms with Crippen molar-refractivity contribution in [3.05, 3.63) is 40.1 Å². The smallest absolute Gasteiger partial charge is 0.255 e. The third kappa shape index (κ3) is 3.48. The number of carbonyl (C=O) groups excluding carboxylic acids is 1. The Hall–Kier alpha value is -1.46. The Labute approximate surface area is 187 Å². The second kappa shape index (κ2) is 7.59. The van der Waals surface area contributed by atoms with E-state index in [0.717, 1.165) is 54.4 Å². The van der Waals surface area contributed by atoms with Crippen LogP contribution >= 0.6 is 11.6 Å². The normalized spacial score (nSPS) is 24.2. The number of halogens is 1. The van der Waals surface area contributed by atoms with Crippen molar-refractivity contribution in [1.29, 1.82) is 0 Å². The van der Waals surface area contributed by atoms with Gasteiger partial charge in [-0.15, -0.1) is 0 Å². The fourth-order valence-corrected chi connectivity index (χ4v) is 6.37. The van der Waals surface area contributed by atoms with Gasteiger partial charge in [0.05, 0.1) is 28.1 Å². The van der Waals surface area contributed by atoms with Gasteiger partial charge >= 0.3 is 0 Å². The number of anilines is 1. The maximum atomic E-state index is 13.8. The molecule has 164 valence electrons. The highest BCUT2D eigenvalue weighted by atomic mass is 35.5. The maximum absolute atomic E-state index is 13.8. The lowest BCUT2D eigenvalue weighted by atomic mass is 9.94. The number of allylic oxidation sites excluding steroid dienone is 1. The molecule has 0 bridgehead atoms. The van der Waals surface area contributed by atoms with Crippen LogP contribution in [-0.2, 0) is 9.22 Å². The van der Waals surface area contributed by atoms with Crippen LogP contribution in [0.3, 0.4) is 0 Å². The first-order chi connectivity index (χ1) is 14.0. The molecule has 0 N–H and O–H groups in total. The third-order valence-electron chi connectivity index (χ3n) is 7.63. The summed E-state index contributed by atoms with van der Waals surface area (Å²) in [6.45, 7) is 13.0. The van der Waals surface area contributed by atoms with Crippen LogP contribution in [0.2, 0.25) is 23.2 Å². The summed E-state index contributed by atoms with van der Waals surface area (Å²) in [7, 11) is 0.0249. The molecule has 2 aliphatic heterocycles. The zero-order valence-corrected chi connectivity index (χ0v) is 21.0. The summed E-state index contributed by atoms with van der Waals surface area (Å²) in [6.07, 6.45) is 4.17. The van der Waals surface area contributed by atoms with Gasteiger partial charge in [-0.2, -0.15) is 0 Å². The molecule has 0 aromatic heterocycles. The van der Waals surface area contributed by atoms with E-state index in [0.29, 0.717) is 0 Å². The molecular formula is C24H35ClN2O2Si. The SMILES string of the molecule is CN1c2c(Cl)cccc2[C@@H]2CC(O[Si](C)(C)C(C)(C)C)=C(C(=O)N3CCCCC3)[C@@H]21. The largest absolute Gasteiger partial charge is 0.546 e. The van der Waals surface area contributed by atoms with Crippen LogP contribution in [0.25, 0.3) is 0 Å². The Morgan fingerprint density at radius 2 is 1.83 bits per heavy atom. The Kier molecular flexibility index (Phi) is 5.51. The molecule has 1 amide bonds. The number of piperidine rings is 1. The Morgan fingerprint density at radius 1 is 1.17 bits per heavy atom. The quantitative estimate of drug-likeness (QED) is 0.539. The summed E-state index contributed by atoms with van der Waals surface area (Å²) in [4.78, 5) is 18.1. The molecule has 0 radical (unpaired) electrons. The van der Waals surface area contributed by atoms with E-state index < -0.39 is 8.32 Å². The molecule has 0 saturated carbocycles. The molecule has 6 heteroatoms. The Balaban J connectivity index is 1.76. The predicted octanol–water partition coefficient (Wildman–Crippen LogP) is 5.93. The van der Waals surface area contributed by atoms with Crippen LogP contribution in [-0.4, -0.2) is 45.3 Å². The summed E-state index contributed by atoms with van der Waals surface area (Å²) in [5.41, 5.74) is 3.19. The van der Waals surface area contributed by atoms with E-state index in [1.54, 1.807) is 0 Å². The minimum absolute atomic E-state index is 0.00842. The molecule has 4 nitrogen and oxygen atoms in total. The maximum Gasteiger partial charge on any atom is 0.255 e. The Morgan fingerprint density at radius 3 is 2.47 bits per heavy atom. The van der Waals surface area contributed by atoms with Gasteiger partial charge in [-0.05, 0) is 49.0 Å². The molecule has 1 aromatic rings. The standard InChI is InChI=1S/C24H35ClN2O2Si/c1-24(2,3)30(5,6)29-19-15-17-16-11-10-12-18(25)21(16)26(4)22(17)20(19)23(28)27-13-8-7-9-14-27/h10-12,17,22H,7-9,13-15H2,1-6H3/t17-,22+/m0/s1. The predicted molar refractivity (Wildman–Crippen MR) is 127 cm³/mol. The van der Waals surface area contributed by atoms with Gasteiger partial charge in [0.15, 0.2) is 0 Å². The minimum Gasteiger partial charge on any atom is -0.546 e. The van der Waals surface area contributed by atoms with E-state index in [4.69, 9.17) is 16.0 Å². The molecular weight excluding hydrogens is 412 g/mol. The number of hydrogen-bond acceptors (Lipinski definition) is 3. The number of likely N-dealkylation sites (tertiary alicyclic amines) is 1. The van der Waals surface area contributed by atoms with Crippen molar-refractivity contribution in [2.45, 2.75) is 76.5 Å². The van der Waals surface area contributed by atoms with Crippen LogP contribution in [0.15, 0.2) is 29.5 Å². The van der Waals surface area contributed by atoms with Gasteiger partial charge in [-0.1, -0.05) is 44.5 Å². The molecule has 1 aromatic carbocycles. The molecule has 30 heavy (non-hydrogen) atoms. The summed E-state index contributed by atoms with van der Waals surface area (Å²) in [6, 6.07) is 6.14. The molecule has 1 saturated heterocycles. The monoisotopic (exact) mass is 446 g/mol. The van der Waals surface area contributed by atoms with E-state index in [1.807, 2.05) is 12.1 Å². The average molecular weight is 447 g/mol. The molecule has 1 fully saturated rings. The van der Waals surface area contributed by atoms with Gasteiger partial charge in [0, 0.05) is 32.5 Å². The number of hydrogen-bond donors (Lipinski definition) is 0. The number of rotatable bonds is 3. The van der Waals surface area contributed by atoms with Gasteiger partial charge < -0.3 is 14.2 Å². The molecule has 3 aliphatic rings. The van der Waals surface area contributed by atoms with Crippen molar-refractivity contribution in [3.63, 3.8) is 0 Å². The van der Waals surface area contributed by atoms with Crippen LogP contribution < -0.4 is 4.90 Å². The van der Waals surface area contributed by atoms with Crippen LogP contribution in [0.4, 0.5) is 5.69 Å². The second-order valence-electron chi connectivity index (χ2n) is 10.6. The van der Waals surface area contributed by atoms with Gasteiger partial charge in [-0.3, -0.25) is 4.79 Å². The van der Waals surface area contributed by atoms with Crippen molar-refractivity contribution in [2.75, 3.05) is 25.0 Å². The molecule has 2 heterocycles. The molecule has 0 unspecified atom stereocenters. The van der Waals surface area contributed by atoms with Crippen molar-refractivity contribution in [1.82, 2.24) is 4.90 Å². The van der Waals surface area contributed by atoms with Gasteiger partial charge in [-0.25, -0.2) is 0 Å². The third-order valence-corrected chi connectivity index (χ3v) is 12.3. The molecule has 2 atom stereocenters. The van der Waals surface area contributed by atoms with Gasteiger partial charge in [0.25, 0.3) is 5.91 Å². The van der Waals surface area contributed by atoms with Gasteiger partial charge in [0.2, 0.25) is 8.32 Å². The number of likely N-dealkylation sites (N-methyl/N-ethyl adjacent to an activating group) is 1. The second-order valence-corrected chi connectivity index (χ2v) is 15.7. The zero-order valence-electron chi connectivity index (χ0n) is 19.2. The lowest BCUT2D eigenvalue weighted by Crippen LogP contribution is -2.43. The summed E-state index contributed by atoms with van der Waals surface area (Å²) in [5.74, 6) is 1.34. The first-order valence-corrected chi connectivity index (χ1v) is 14.5. The fourth-order valence-electron chi connectivity index (χ4n) is 4.94. The highest BCUT2D eigenvalue weighted by Crippen LogP contribution is 2.54. The first kappa shape index (κ1) is 21.8. The first-order valence-electron chi connectivity index (χ1n) is 11.3. The van der Waals surface area contributed by atoms with E-state index in [1.165, 1.54) is 12.0 Å². The average Bonchev–Trinajstić information content (AvgIpc) is 3.17. The fraction of sp³-hybridized carbons (Fsp3) is 0.625. The summed E-state index contributed by atoms with van der Waals surface area (Å²) < 4.78 is 6.83. The summed E-state index contributed by atoms with van der Waals surface area (Å²) in [5, 5.41) is 0.852. The zero-order chi connectivity index (χ0) is 21.8. The number of nitrogens with zero attached hydrogens (tertiary/aromatic N) is 2. The number of carbonyl (C=O) groups is 1. The van der Waals surface area contributed by atoms with E-state index in [9.17, 15) is 4.79 Å². The number of benzene rings is 1. The number of amides is 1. The van der Waals surface area contributed by atoms with Crippen LogP contribution in [0.5, 0.6) is 0 Å². The van der Waals surface area contributed by atoms with Crippen molar-refractivity contribution in [3.8, 4) is 0 Å². The van der Waals surface area contributed by atoms with E-state index >= 15 is 0 Å². The number of fused-ring (bicyclic) bond motifs is 3. The van der Waals surface area contributed by atoms with Crippen molar-refractivity contribution in [2.24, 2.45) is 0 Å². The highest BCUT2D eigenvalue weighted by molar-refractivity contribution is 6.74. The topological polar surface area (TPSA) is 32.8 Å². The Bertz CT molecular complexity index is 884. The number of para-hydroxylation sites is 1. The van der Waals surface area contributed by atoms with Crippen molar-refractivity contribution >= 4 is 31.5 Å². The molecule has 0 spiro atoms. The van der Waals surface area contributed by atoms with Gasteiger partial charge in [0.1, 0.15) is 0 Å². The molecule has 1 aliphatic carbocycles. The summed E-state index contributed by atoms with van der Waals surface area (Å²) >= 11 is 6.58. The lowest BCUT2D eigenvalue weighted by Gasteiger charge is -2.38. The van der Waals surface area contributed by atoms with Crippen LogP contribution in [0.1, 0.15) is 57.9 Å².